The second kappa shape index (κ2) is 9.30. The lowest BCUT2D eigenvalue weighted by molar-refractivity contribution is 0.0736. The first-order valence-corrected chi connectivity index (χ1v) is 13.0. The quantitative estimate of drug-likeness (QED) is 0.625. The number of hydrogen-bond donors (Lipinski definition) is 0. The summed E-state index contributed by atoms with van der Waals surface area (Å²) in [5.41, 5.74) is 2.70. The Morgan fingerprint density at radius 2 is 1.48 bits per heavy atom. The summed E-state index contributed by atoms with van der Waals surface area (Å²) in [5.74, 6) is -0.108. The molecular weight excluding hydrogens is 440 g/mol. The maximum absolute atomic E-state index is 13.3. The van der Waals surface area contributed by atoms with Crippen molar-refractivity contribution in [2.24, 2.45) is 7.05 Å². The molecule has 1 amide bonds. The largest absolute Gasteiger partial charge is 0.368 e. The van der Waals surface area contributed by atoms with Crippen LogP contribution in [0.1, 0.15) is 52.7 Å². The number of carbonyl (C=O) groups is 2. The highest BCUT2D eigenvalue weighted by Crippen LogP contribution is 2.27. The molecule has 3 heterocycles. The maximum atomic E-state index is 13.3. The van der Waals surface area contributed by atoms with E-state index in [4.69, 9.17) is 0 Å². The summed E-state index contributed by atoms with van der Waals surface area (Å²) in [4.78, 5) is 29.0. The van der Waals surface area contributed by atoms with Crippen LogP contribution in [-0.2, 0) is 17.1 Å². The zero-order valence-electron chi connectivity index (χ0n) is 19.6. The SMILES string of the molecule is CC(=O)c1ccc(N2CCN(C(=O)c3cc(S(=O)(=O)N4CCCCC4)c(C)n3C)CC2)cc1. The van der Waals surface area contributed by atoms with E-state index >= 15 is 0 Å². The van der Waals surface area contributed by atoms with Crippen molar-refractivity contribution in [1.82, 2.24) is 13.8 Å². The predicted molar refractivity (Wildman–Crippen MR) is 127 cm³/mol. The number of anilines is 1. The Kier molecular flexibility index (Phi) is 6.63. The number of aromatic nitrogens is 1. The minimum atomic E-state index is -3.60. The highest BCUT2D eigenvalue weighted by molar-refractivity contribution is 7.89. The topological polar surface area (TPSA) is 82.9 Å². The van der Waals surface area contributed by atoms with Gasteiger partial charge in [-0.25, -0.2) is 8.42 Å². The van der Waals surface area contributed by atoms with Gasteiger partial charge in [0.25, 0.3) is 5.91 Å². The molecule has 2 aliphatic heterocycles. The van der Waals surface area contributed by atoms with E-state index in [0.29, 0.717) is 56.2 Å². The van der Waals surface area contributed by atoms with Gasteiger partial charge in [0.15, 0.2) is 5.78 Å². The van der Waals surface area contributed by atoms with Crippen LogP contribution in [0.4, 0.5) is 5.69 Å². The number of piperazine rings is 1. The van der Waals surface area contributed by atoms with Crippen molar-refractivity contribution in [2.75, 3.05) is 44.2 Å². The lowest BCUT2D eigenvalue weighted by Crippen LogP contribution is -2.49. The van der Waals surface area contributed by atoms with E-state index in [1.165, 1.54) is 0 Å². The Balaban J connectivity index is 1.47. The van der Waals surface area contributed by atoms with Gasteiger partial charge in [0.2, 0.25) is 10.0 Å². The summed E-state index contributed by atoms with van der Waals surface area (Å²) in [5, 5.41) is 0. The molecule has 2 fully saturated rings. The van der Waals surface area contributed by atoms with Gasteiger partial charge >= 0.3 is 0 Å². The fraction of sp³-hybridized carbons (Fsp3) is 0.500. The zero-order valence-corrected chi connectivity index (χ0v) is 20.4. The number of ketones is 1. The molecule has 2 aromatic rings. The van der Waals surface area contributed by atoms with Crippen LogP contribution in [0.5, 0.6) is 0 Å². The van der Waals surface area contributed by atoms with Gasteiger partial charge in [-0.15, -0.1) is 0 Å². The predicted octanol–water partition coefficient (Wildman–Crippen LogP) is 2.67. The third kappa shape index (κ3) is 4.56. The van der Waals surface area contributed by atoms with E-state index in [2.05, 4.69) is 4.90 Å². The van der Waals surface area contributed by atoms with Crippen molar-refractivity contribution in [3.05, 3.63) is 47.3 Å². The number of benzene rings is 1. The molecule has 0 unspecified atom stereocenters. The monoisotopic (exact) mass is 472 g/mol. The van der Waals surface area contributed by atoms with Crippen LogP contribution in [0, 0.1) is 6.92 Å². The van der Waals surface area contributed by atoms with Gasteiger partial charge < -0.3 is 14.4 Å². The Morgan fingerprint density at radius 1 is 0.879 bits per heavy atom. The third-order valence-corrected chi connectivity index (χ3v) is 8.86. The van der Waals surface area contributed by atoms with Gasteiger partial charge in [0.05, 0.1) is 0 Å². The van der Waals surface area contributed by atoms with Gasteiger partial charge in [-0.05, 0) is 57.0 Å². The molecule has 4 rings (SSSR count). The Bertz CT molecular complexity index is 1140. The van der Waals surface area contributed by atoms with Gasteiger partial charge in [-0.2, -0.15) is 4.31 Å². The lowest BCUT2D eigenvalue weighted by atomic mass is 10.1. The minimum absolute atomic E-state index is 0.0384. The first kappa shape index (κ1) is 23.5. The molecule has 0 radical (unpaired) electrons. The molecule has 0 bridgehead atoms. The van der Waals surface area contributed by atoms with Crippen molar-refractivity contribution in [3.63, 3.8) is 0 Å². The fourth-order valence-electron chi connectivity index (χ4n) is 4.62. The minimum Gasteiger partial charge on any atom is -0.368 e. The molecule has 33 heavy (non-hydrogen) atoms. The van der Waals surface area contributed by atoms with Crippen LogP contribution in [0.25, 0.3) is 0 Å². The molecule has 2 saturated heterocycles. The van der Waals surface area contributed by atoms with E-state index < -0.39 is 10.0 Å². The van der Waals surface area contributed by atoms with E-state index in [9.17, 15) is 18.0 Å². The average molecular weight is 473 g/mol. The van der Waals surface area contributed by atoms with Crippen molar-refractivity contribution >= 4 is 27.4 Å². The van der Waals surface area contributed by atoms with E-state index in [0.717, 1.165) is 24.9 Å². The Morgan fingerprint density at radius 3 is 2.06 bits per heavy atom. The van der Waals surface area contributed by atoms with Crippen molar-refractivity contribution < 1.29 is 18.0 Å². The highest BCUT2D eigenvalue weighted by Gasteiger charge is 2.32. The van der Waals surface area contributed by atoms with Gasteiger partial charge in [0, 0.05) is 63.3 Å². The maximum Gasteiger partial charge on any atom is 0.270 e. The molecule has 0 N–H and O–H groups in total. The molecule has 178 valence electrons. The summed E-state index contributed by atoms with van der Waals surface area (Å²) in [6.45, 7) is 6.83. The Labute approximate surface area is 195 Å². The van der Waals surface area contributed by atoms with E-state index in [-0.39, 0.29) is 16.6 Å². The number of nitrogens with zero attached hydrogens (tertiary/aromatic N) is 4. The third-order valence-electron chi connectivity index (χ3n) is 6.85. The first-order valence-electron chi connectivity index (χ1n) is 11.5. The number of amides is 1. The summed E-state index contributed by atoms with van der Waals surface area (Å²) < 4.78 is 29.6. The summed E-state index contributed by atoms with van der Waals surface area (Å²) in [7, 11) is -1.85. The molecule has 0 spiro atoms. The summed E-state index contributed by atoms with van der Waals surface area (Å²) in [6, 6.07) is 9.08. The molecule has 2 aliphatic rings. The smallest absolute Gasteiger partial charge is 0.270 e. The molecule has 8 nitrogen and oxygen atoms in total. The molecule has 0 saturated carbocycles. The average Bonchev–Trinajstić information content (AvgIpc) is 3.14. The van der Waals surface area contributed by atoms with Crippen LogP contribution in [0.3, 0.4) is 0 Å². The molecule has 0 aliphatic carbocycles. The van der Waals surface area contributed by atoms with Gasteiger partial charge in [-0.3, -0.25) is 9.59 Å². The highest BCUT2D eigenvalue weighted by atomic mass is 32.2. The lowest BCUT2D eigenvalue weighted by Gasteiger charge is -2.36. The van der Waals surface area contributed by atoms with E-state index in [1.807, 2.05) is 24.3 Å². The number of sulfonamides is 1. The van der Waals surface area contributed by atoms with Crippen LogP contribution < -0.4 is 4.90 Å². The van der Waals surface area contributed by atoms with Gasteiger partial charge in [-0.1, -0.05) is 6.42 Å². The fourth-order valence-corrected chi connectivity index (χ4v) is 6.41. The van der Waals surface area contributed by atoms with Crippen molar-refractivity contribution in [2.45, 2.75) is 38.0 Å². The molecule has 9 heteroatoms. The molecular formula is C24H32N4O4S. The Hall–Kier alpha value is -2.65. The van der Waals surface area contributed by atoms with Crippen LogP contribution in [0.15, 0.2) is 35.2 Å². The number of piperidine rings is 1. The first-order chi connectivity index (χ1) is 15.7. The van der Waals surface area contributed by atoms with Crippen LogP contribution >= 0.6 is 0 Å². The van der Waals surface area contributed by atoms with E-state index in [1.54, 1.807) is 40.7 Å². The zero-order chi connectivity index (χ0) is 23.8. The molecule has 1 aromatic heterocycles. The van der Waals surface area contributed by atoms with Gasteiger partial charge in [0.1, 0.15) is 10.6 Å². The normalized spacial score (nSPS) is 17.9. The second-order valence-electron chi connectivity index (χ2n) is 8.89. The summed E-state index contributed by atoms with van der Waals surface area (Å²) in [6.07, 6.45) is 2.80. The molecule has 0 atom stereocenters. The van der Waals surface area contributed by atoms with Crippen molar-refractivity contribution in [3.8, 4) is 0 Å². The standard InChI is InChI=1S/C24H32N4O4S/c1-18-23(33(31,32)28-11-5-4-6-12-28)17-22(25(18)3)24(30)27-15-13-26(14-16-27)21-9-7-20(8-10-21)19(2)29/h7-10,17H,4-6,11-16H2,1-3H3. The number of hydrogen-bond acceptors (Lipinski definition) is 5. The number of rotatable bonds is 5. The van der Waals surface area contributed by atoms with Crippen LogP contribution in [-0.4, -0.2) is 73.1 Å². The van der Waals surface area contributed by atoms with Crippen molar-refractivity contribution in [1.29, 1.82) is 0 Å². The second-order valence-corrected chi connectivity index (χ2v) is 10.8. The number of carbonyl (C=O) groups excluding carboxylic acids is 2. The summed E-state index contributed by atoms with van der Waals surface area (Å²) >= 11 is 0. The number of Topliss-reactive ketones (excluding diaryl/α,β-unsaturated/α-hetero) is 1. The molecule has 1 aromatic carbocycles. The van der Waals surface area contributed by atoms with Crippen LogP contribution in [0.2, 0.25) is 0 Å².